The Kier molecular flexibility index (Phi) is 8.97. The fraction of sp³-hybridized carbons (Fsp3) is 0.276. The Morgan fingerprint density at radius 3 is 1.53 bits per heavy atom. The molecule has 0 spiro atoms. The lowest BCUT2D eigenvalue weighted by atomic mass is 9.76. The van der Waals surface area contributed by atoms with Crippen LogP contribution in [-0.4, -0.2) is 35.0 Å². The molecule has 0 saturated heterocycles. The lowest BCUT2D eigenvalue weighted by molar-refractivity contribution is -0.143. The summed E-state index contributed by atoms with van der Waals surface area (Å²) >= 11 is 0. The van der Waals surface area contributed by atoms with Crippen molar-refractivity contribution >= 4 is 17.8 Å². The molecule has 36 heavy (non-hydrogen) atoms. The van der Waals surface area contributed by atoms with E-state index in [0.29, 0.717) is 6.42 Å². The Hall–Kier alpha value is -3.97. The number of primary amides is 1. The van der Waals surface area contributed by atoms with Crippen LogP contribution in [0, 0.1) is 5.92 Å². The minimum Gasteiger partial charge on any atom is -0.480 e. The van der Waals surface area contributed by atoms with E-state index < -0.39 is 41.8 Å². The third kappa shape index (κ3) is 6.37. The summed E-state index contributed by atoms with van der Waals surface area (Å²) in [5.74, 6) is -2.51. The Bertz CT molecular complexity index is 1050. The summed E-state index contributed by atoms with van der Waals surface area (Å²) in [5, 5.41) is 15.7. The number of aliphatic carboxylic acids is 1. The number of carboxylic acids is 1. The number of benzene rings is 3. The zero-order valence-corrected chi connectivity index (χ0v) is 20.6. The highest BCUT2D eigenvalue weighted by Gasteiger charge is 2.40. The molecule has 0 bridgehead atoms. The van der Waals surface area contributed by atoms with Gasteiger partial charge in [0.15, 0.2) is 0 Å². The zero-order valence-electron chi connectivity index (χ0n) is 20.6. The van der Waals surface area contributed by atoms with E-state index in [4.69, 9.17) is 5.73 Å². The van der Waals surface area contributed by atoms with Crippen molar-refractivity contribution in [3.05, 3.63) is 108 Å². The maximum Gasteiger partial charge on any atom is 0.326 e. The molecule has 0 saturated carbocycles. The normalized spacial score (nSPS) is 13.1. The first-order valence-corrected chi connectivity index (χ1v) is 12.0. The van der Waals surface area contributed by atoms with Crippen LogP contribution in [-0.2, 0) is 19.9 Å². The van der Waals surface area contributed by atoms with Crippen LogP contribution in [0.5, 0.6) is 0 Å². The highest BCUT2D eigenvalue weighted by molar-refractivity contribution is 5.90. The van der Waals surface area contributed by atoms with Gasteiger partial charge in [-0.1, -0.05) is 105 Å². The molecular formula is C29H33N3O4. The van der Waals surface area contributed by atoms with Crippen molar-refractivity contribution < 1.29 is 19.5 Å². The molecule has 3 aromatic carbocycles. The second-order valence-corrected chi connectivity index (χ2v) is 9.24. The maximum atomic E-state index is 13.6. The van der Waals surface area contributed by atoms with Crippen LogP contribution in [0.3, 0.4) is 0 Å². The molecule has 7 heteroatoms. The topological polar surface area (TPSA) is 122 Å². The van der Waals surface area contributed by atoms with Crippen molar-refractivity contribution in [1.82, 2.24) is 10.6 Å². The first kappa shape index (κ1) is 26.6. The first-order chi connectivity index (χ1) is 17.2. The molecule has 2 atom stereocenters. The third-order valence-corrected chi connectivity index (χ3v) is 6.05. The van der Waals surface area contributed by atoms with Gasteiger partial charge < -0.3 is 16.2 Å². The molecule has 3 aromatic rings. The zero-order chi connectivity index (χ0) is 26.1. The predicted octanol–water partition coefficient (Wildman–Crippen LogP) is 3.43. The molecule has 2 amide bonds. The number of nitrogens with one attached hydrogen (secondary N) is 2. The van der Waals surface area contributed by atoms with Crippen LogP contribution in [0.1, 0.15) is 43.4 Å². The van der Waals surface area contributed by atoms with Gasteiger partial charge in [0.25, 0.3) is 0 Å². The fourth-order valence-corrected chi connectivity index (χ4v) is 4.45. The Labute approximate surface area is 211 Å². The fourth-order valence-electron chi connectivity index (χ4n) is 4.45. The summed E-state index contributed by atoms with van der Waals surface area (Å²) in [7, 11) is 0. The minimum atomic E-state index is -1.41. The average molecular weight is 488 g/mol. The minimum absolute atomic E-state index is 0.118. The van der Waals surface area contributed by atoms with Crippen LogP contribution in [0.2, 0.25) is 0 Å². The Morgan fingerprint density at radius 1 is 0.778 bits per heavy atom. The van der Waals surface area contributed by atoms with Gasteiger partial charge >= 0.3 is 5.97 Å². The van der Waals surface area contributed by atoms with E-state index in [-0.39, 0.29) is 5.92 Å². The highest BCUT2D eigenvalue weighted by atomic mass is 16.4. The van der Waals surface area contributed by atoms with Crippen molar-refractivity contribution in [1.29, 1.82) is 0 Å². The van der Waals surface area contributed by atoms with E-state index in [9.17, 15) is 19.5 Å². The highest BCUT2D eigenvalue weighted by Crippen LogP contribution is 2.37. The molecule has 0 aliphatic rings. The number of hydrogen-bond acceptors (Lipinski definition) is 4. The summed E-state index contributed by atoms with van der Waals surface area (Å²) in [6, 6.07) is 27.3. The van der Waals surface area contributed by atoms with E-state index >= 15 is 0 Å². The van der Waals surface area contributed by atoms with Gasteiger partial charge in [-0.3, -0.25) is 14.9 Å². The van der Waals surface area contributed by atoms with E-state index in [0.717, 1.165) is 16.7 Å². The quantitative estimate of drug-likeness (QED) is 0.292. The van der Waals surface area contributed by atoms with Gasteiger partial charge in [0.05, 0.1) is 18.0 Å². The summed E-state index contributed by atoms with van der Waals surface area (Å²) in [6.07, 6.45) is -0.0559. The molecule has 188 valence electrons. The molecule has 0 radical (unpaired) electrons. The van der Waals surface area contributed by atoms with E-state index in [1.807, 2.05) is 105 Å². The Balaban J connectivity index is 2.15. The molecule has 7 nitrogen and oxygen atoms in total. The maximum absolute atomic E-state index is 13.6. The summed E-state index contributed by atoms with van der Waals surface area (Å²) < 4.78 is 0. The number of carboxylic acid groups (broad SMARTS) is 1. The number of amides is 2. The van der Waals surface area contributed by atoms with Crippen LogP contribution in [0.4, 0.5) is 0 Å². The third-order valence-electron chi connectivity index (χ3n) is 6.05. The standard InChI is InChI=1S/C29H33N3O4/c1-20(2)18-24(27(34)31-25(28(35)36)19-26(30)33)32-29(21-12-6-3-7-13-21,22-14-8-4-9-15-22)23-16-10-5-11-17-23/h3-17,20,24-25,32H,18-19H2,1-2H3,(H2,30,33)(H,31,34)(H,35,36)/t24-,25-/m0/s1. The van der Waals surface area contributed by atoms with Crippen LogP contribution in [0.15, 0.2) is 91.0 Å². The number of carbonyl (C=O) groups excluding carboxylic acids is 2. The van der Waals surface area contributed by atoms with E-state index in [1.165, 1.54) is 0 Å². The van der Waals surface area contributed by atoms with Gasteiger partial charge in [-0.05, 0) is 29.0 Å². The predicted molar refractivity (Wildman–Crippen MR) is 139 cm³/mol. The average Bonchev–Trinajstić information content (AvgIpc) is 2.87. The van der Waals surface area contributed by atoms with Gasteiger partial charge in [0.2, 0.25) is 11.8 Å². The summed E-state index contributed by atoms with van der Waals surface area (Å²) in [4.78, 5) is 36.7. The van der Waals surface area contributed by atoms with Crippen molar-refractivity contribution in [3.8, 4) is 0 Å². The van der Waals surface area contributed by atoms with Crippen molar-refractivity contribution in [3.63, 3.8) is 0 Å². The van der Waals surface area contributed by atoms with Gasteiger partial charge in [-0.2, -0.15) is 0 Å². The van der Waals surface area contributed by atoms with Crippen molar-refractivity contribution in [2.24, 2.45) is 11.7 Å². The molecule has 5 N–H and O–H groups in total. The molecule has 0 aromatic heterocycles. The van der Waals surface area contributed by atoms with Crippen molar-refractivity contribution in [2.75, 3.05) is 0 Å². The lowest BCUT2D eigenvalue weighted by Crippen LogP contribution is -2.57. The number of rotatable bonds is 12. The molecule has 0 unspecified atom stereocenters. The van der Waals surface area contributed by atoms with E-state index in [2.05, 4.69) is 10.6 Å². The van der Waals surface area contributed by atoms with Gasteiger partial charge in [0, 0.05) is 0 Å². The molecule has 0 heterocycles. The van der Waals surface area contributed by atoms with Crippen LogP contribution in [0.25, 0.3) is 0 Å². The second kappa shape index (κ2) is 12.1. The number of hydrogen-bond donors (Lipinski definition) is 4. The molecular weight excluding hydrogens is 454 g/mol. The monoisotopic (exact) mass is 487 g/mol. The Morgan fingerprint density at radius 2 is 1.19 bits per heavy atom. The lowest BCUT2D eigenvalue weighted by Gasteiger charge is -2.40. The summed E-state index contributed by atoms with van der Waals surface area (Å²) in [5.41, 5.74) is 7.09. The molecule has 0 fully saturated rings. The molecule has 0 aliphatic carbocycles. The first-order valence-electron chi connectivity index (χ1n) is 12.0. The van der Waals surface area contributed by atoms with Crippen LogP contribution >= 0.6 is 0 Å². The summed E-state index contributed by atoms with van der Waals surface area (Å²) in [6.45, 7) is 3.99. The molecule has 3 rings (SSSR count). The SMILES string of the molecule is CC(C)C[C@H](NC(c1ccccc1)(c1ccccc1)c1ccccc1)C(=O)N[C@@H](CC(N)=O)C(=O)O. The van der Waals surface area contributed by atoms with E-state index in [1.54, 1.807) is 0 Å². The largest absolute Gasteiger partial charge is 0.480 e. The van der Waals surface area contributed by atoms with Crippen molar-refractivity contribution in [2.45, 2.75) is 44.3 Å². The van der Waals surface area contributed by atoms with Gasteiger partial charge in [-0.15, -0.1) is 0 Å². The number of carbonyl (C=O) groups is 3. The number of nitrogens with two attached hydrogens (primary N) is 1. The van der Waals surface area contributed by atoms with Gasteiger partial charge in [0.1, 0.15) is 6.04 Å². The second-order valence-electron chi connectivity index (χ2n) is 9.24. The van der Waals surface area contributed by atoms with Crippen LogP contribution < -0.4 is 16.4 Å². The smallest absolute Gasteiger partial charge is 0.326 e. The molecule has 0 aliphatic heterocycles. The van der Waals surface area contributed by atoms with Gasteiger partial charge in [-0.25, -0.2) is 4.79 Å².